The molecule has 2 unspecified atom stereocenters. The van der Waals surface area contributed by atoms with Gasteiger partial charge in [0.2, 0.25) is 5.13 Å². The van der Waals surface area contributed by atoms with Crippen LogP contribution >= 0.6 is 11.5 Å². The van der Waals surface area contributed by atoms with Gasteiger partial charge >= 0.3 is 0 Å². The highest BCUT2D eigenvalue weighted by molar-refractivity contribution is 7.09. The quantitative estimate of drug-likeness (QED) is 0.873. The molecular weight excluding hydrogens is 218 g/mol. The fourth-order valence-electron chi connectivity index (χ4n) is 1.28. The molecule has 0 bridgehead atoms. The predicted octanol–water partition coefficient (Wildman–Crippen LogP) is 3.68. The summed E-state index contributed by atoms with van der Waals surface area (Å²) in [5, 5.41) is 4.37. The number of nitrogens with zero attached hydrogens (tertiary/aromatic N) is 2. The topological polar surface area (TPSA) is 37.8 Å². The fourth-order valence-corrected chi connectivity index (χ4v) is 2.13. The van der Waals surface area contributed by atoms with Crippen LogP contribution in [0.15, 0.2) is 0 Å². The zero-order valence-electron chi connectivity index (χ0n) is 11.2. The van der Waals surface area contributed by atoms with Crippen molar-refractivity contribution < 1.29 is 0 Å². The molecule has 0 fully saturated rings. The molecule has 1 heterocycles. The van der Waals surface area contributed by atoms with Crippen molar-refractivity contribution in [1.82, 2.24) is 9.36 Å². The van der Waals surface area contributed by atoms with Crippen LogP contribution in [0, 0.1) is 5.92 Å². The molecule has 0 saturated heterocycles. The monoisotopic (exact) mass is 241 g/mol. The molecule has 1 aromatic heterocycles. The van der Waals surface area contributed by atoms with E-state index in [4.69, 9.17) is 0 Å². The molecule has 1 rings (SSSR count). The van der Waals surface area contributed by atoms with Crippen molar-refractivity contribution in [1.29, 1.82) is 0 Å². The van der Waals surface area contributed by atoms with Gasteiger partial charge in [-0.05, 0) is 12.8 Å². The van der Waals surface area contributed by atoms with Gasteiger partial charge in [-0.15, -0.1) is 0 Å². The largest absolute Gasteiger partial charge is 0.358 e. The lowest BCUT2D eigenvalue weighted by atomic mass is 9.96. The average molecular weight is 241 g/mol. The van der Waals surface area contributed by atoms with Gasteiger partial charge in [0.1, 0.15) is 5.82 Å². The summed E-state index contributed by atoms with van der Waals surface area (Å²) in [6.07, 6.45) is 1.18. The lowest BCUT2D eigenvalue weighted by Gasteiger charge is -2.19. The van der Waals surface area contributed by atoms with Gasteiger partial charge in [0.05, 0.1) is 0 Å². The summed E-state index contributed by atoms with van der Waals surface area (Å²) in [4.78, 5) is 4.53. The minimum absolute atomic E-state index is 0.0377. The average Bonchev–Trinajstić information content (AvgIpc) is 2.64. The second kappa shape index (κ2) is 5.13. The first-order valence-electron chi connectivity index (χ1n) is 5.95. The van der Waals surface area contributed by atoms with Gasteiger partial charge in [-0.2, -0.15) is 4.37 Å². The maximum Gasteiger partial charge on any atom is 0.202 e. The molecule has 0 radical (unpaired) electrons. The minimum atomic E-state index is 0.0377. The number of hydrogen-bond donors (Lipinski definition) is 1. The first kappa shape index (κ1) is 13.4. The van der Waals surface area contributed by atoms with E-state index in [1.807, 2.05) is 0 Å². The maximum absolute atomic E-state index is 4.53. The maximum atomic E-state index is 4.53. The molecule has 2 atom stereocenters. The zero-order chi connectivity index (χ0) is 12.3. The van der Waals surface area contributed by atoms with Crippen LogP contribution < -0.4 is 5.32 Å². The summed E-state index contributed by atoms with van der Waals surface area (Å²) in [6, 6.07) is 0.450. The third-order valence-corrected chi connectivity index (χ3v) is 3.59. The van der Waals surface area contributed by atoms with E-state index >= 15 is 0 Å². The Kier molecular flexibility index (Phi) is 4.30. The molecule has 0 aliphatic rings. The van der Waals surface area contributed by atoms with Gasteiger partial charge in [-0.3, -0.25) is 0 Å². The predicted molar refractivity (Wildman–Crippen MR) is 71.1 cm³/mol. The third-order valence-electron chi connectivity index (χ3n) is 2.95. The van der Waals surface area contributed by atoms with E-state index in [0.717, 1.165) is 11.0 Å². The Morgan fingerprint density at radius 2 is 1.94 bits per heavy atom. The van der Waals surface area contributed by atoms with Crippen LogP contribution in [0.4, 0.5) is 5.13 Å². The van der Waals surface area contributed by atoms with Crippen molar-refractivity contribution in [3.63, 3.8) is 0 Å². The number of nitrogens with one attached hydrogen (secondary N) is 1. The number of aromatic nitrogens is 2. The highest BCUT2D eigenvalue weighted by Crippen LogP contribution is 2.24. The second-order valence-electron chi connectivity index (χ2n) is 5.49. The number of rotatable bonds is 4. The first-order valence-corrected chi connectivity index (χ1v) is 6.72. The molecule has 3 nitrogen and oxygen atoms in total. The lowest BCUT2D eigenvalue weighted by molar-refractivity contribution is 0.493. The van der Waals surface area contributed by atoms with E-state index in [1.54, 1.807) is 0 Å². The van der Waals surface area contributed by atoms with Crippen molar-refractivity contribution in [2.45, 2.75) is 59.4 Å². The molecule has 0 spiro atoms. The SMILES string of the molecule is CCC(C)C(C)Nc1nc(C(C)(C)C)ns1. The van der Waals surface area contributed by atoms with E-state index in [-0.39, 0.29) is 5.41 Å². The summed E-state index contributed by atoms with van der Waals surface area (Å²) < 4.78 is 4.39. The molecule has 0 aliphatic carbocycles. The van der Waals surface area contributed by atoms with Crippen LogP contribution in [-0.4, -0.2) is 15.4 Å². The van der Waals surface area contributed by atoms with E-state index in [1.165, 1.54) is 18.0 Å². The highest BCUT2D eigenvalue weighted by Gasteiger charge is 2.20. The lowest BCUT2D eigenvalue weighted by Crippen LogP contribution is -2.23. The van der Waals surface area contributed by atoms with Gasteiger partial charge in [-0.25, -0.2) is 4.98 Å². The van der Waals surface area contributed by atoms with Crippen molar-refractivity contribution >= 4 is 16.7 Å². The van der Waals surface area contributed by atoms with Crippen LogP contribution in [0.25, 0.3) is 0 Å². The van der Waals surface area contributed by atoms with Gasteiger partial charge in [-0.1, -0.05) is 41.0 Å². The Hall–Kier alpha value is -0.640. The Bertz CT molecular complexity index is 327. The van der Waals surface area contributed by atoms with Crippen molar-refractivity contribution in [2.75, 3.05) is 5.32 Å². The smallest absolute Gasteiger partial charge is 0.202 e. The molecule has 0 aromatic carbocycles. The molecular formula is C12H23N3S. The number of hydrogen-bond acceptors (Lipinski definition) is 4. The van der Waals surface area contributed by atoms with Crippen LogP contribution in [0.2, 0.25) is 0 Å². The summed E-state index contributed by atoms with van der Waals surface area (Å²) in [7, 11) is 0. The Labute approximate surface area is 103 Å². The Morgan fingerprint density at radius 1 is 1.31 bits per heavy atom. The summed E-state index contributed by atoms with van der Waals surface area (Å²) in [6.45, 7) is 13.1. The summed E-state index contributed by atoms with van der Waals surface area (Å²) >= 11 is 1.46. The van der Waals surface area contributed by atoms with Crippen LogP contribution in [0.3, 0.4) is 0 Å². The molecule has 0 saturated carbocycles. The van der Waals surface area contributed by atoms with Gasteiger partial charge < -0.3 is 5.32 Å². The molecule has 1 N–H and O–H groups in total. The summed E-state index contributed by atoms with van der Waals surface area (Å²) in [5.74, 6) is 1.58. The normalized spacial score (nSPS) is 15.9. The van der Waals surface area contributed by atoms with E-state index in [0.29, 0.717) is 12.0 Å². The van der Waals surface area contributed by atoms with Crippen LogP contribution in [0.1, 0.15) is 53.8 Å². The molecule has 92 valence electrons. The second-order valence-corrected chi connectivity index (χ2v) is 6.24. The molecule has 0 amide bonds. The zero-order valence-corrected chi connectivity index (χ0v) is 12.0. The first-order chi connectivity index (χ1) is 7.34. The Morgan fingerprint density at radius 3 is 2.38 bits per heavy atom. The van der Waals surface area contributed by atoms with Crippen molar-refractivity contribution in [3.8, 4) is 0 Å². The molecule has 0 aliphatic heterocycles. The number of anilines is 1. The molecule has 4 heteroatoms. The van der Waals surface area contributed by atoms with Crippen LogP contribution in [-0.2, 0) is 5.41 Å². The minimum Gasteiger partial charge on any atom is -0.358 e. The van der Waals surface area contributed by atoms with Crippen molar-refractivity contribution in [3.05, 3.63) is 5.82 Å². The third kappa shape index (κ3) is 3.44. The van der Waals surface area contributed by atoms with E-state index in [9.17, 15) is 0 Å². The fraction of sp³-hybridized carbons (Fsp3) is 0.833. The molecule has 1 aromatic rings. The van der Waals surface area contributed by atoms with Gasteiger partial charge in [0.25, 0.3) is 0 Å². The summed E-state index contributed by atoms with van der Waals surface area (Å²) in [5.41, 5.74) is 0.0377. The molecule has 16 heavy (non-hydrogen) atoms. The van der Waals surface area contributed by atoms with Gasteiger partial charge in [0.15, 0.2) is 0 Å². The van der Waals surface area contributed by atoms with Crippen molar-refractivity contribution in [2.24, 2.45) is 5.92 Å². The van der Waals surface area contributed by atoms with Crippen LogP contribution in [0.5, 0.6) is 0 Å². The van der Waals surface area contributed by atoms with Gasteiger partial charge in [0, 0.05) is 23.0 Å². The highest BCUT2D eigenvalue weighted by atomic mass is 32.1. The standard InChI is InChI=1S/C12H23N3S/c1-7-8(2)9(3)13-11-14-10(15-16-11)12(4,5)6/h8-9H,7H2,1-6H3,(H,13,14,15). The van der Waals surface area contributed by atoms with E-state index in [2.05, 4.69) is 56.2 Å². The Balaban J connectivity index is 2.66. The van der Waals surface area contributed by atoms with E-state index < -0.39 is 0 Å².